The second-order valence-corrected chi connectivity index (χ2v) is 7.64. The molecule has 1 aromatic heterocycles. The molecule has 4 nitrogen and oxygen atoms in total. The van der Waals surface area contributed by atoms with Crippen molar-refractivity contribution in [3.63, 3.8) is 0 Å². The van der Waals surface area contributed by atoms with Gasteiger partial charge in [-0.15, -0.1) is 11.3 Å². The number of hydrogen-bond acceptors (Lipinski definition) is 4. The highest BCUT2D eigenvalue weighted by Gasteiger charge is 2.22. The second kappa shape index (κ2) is 6.24. The third-order valence-corrected chi connectivity index (χ3v) is 4.76. The van der Waals surface area contributed by atoms with E-state index in [0.717, 1.165) is 20.8 Å². The van der Waals surface area contributed by atoms with E-state index in [1.54, 1.807) is 18.4 Å². The number of para-hydroxylation sites is 1. The maximum Gasteiger partial charge on any atom is 0.229 e. The van der Waals surface area contributed by atoms with Crippen LogP contribution in [0.2, 0.25) is 0 Å². The lowest BCUT2D eigenvalue weighted by atomic mass is 9.95. The molecular formula is C19H20N2O2S. The van der Waals surface area contributed by atoms with Crippen LogP contribution in [0.15, 0.2) is 42.5 Å². The fourth-order valence-electron chi connectivity index (χ4n) is 2.24. The number of fused-ring (bicyclic) bond motifs is 1. The molecule has 1 heterocycles. The van der Waals surface area contributed by atoms with Crippen molar-refractivity contribution in [1.29, 1.82) is 0 Å². The van der Waals surface area contributed by atoms with E-state index in [4.69, 9.17) is 4.74 Å². The Morgan fingerprint density at radius 1 is 1.17 bits per heavy atom. The molecule has 0 aliphatic heterocycles. The molecular weight excluding hydrogens is 320 g/mol. The first-order chi connectivity index (χ1) is 11.4. The summed E-state index contributed by atoms with van der Waals surface area (Å²) in [6.45, 7) is 5.64. The lowest BCUT2D eigenvalue weighted by Gasteiger charge is -2.19. The Morgan fingerprint density at radius 3 is 2.58 bits per heavy atom. The maximum atomic E-state index is 12.3. The van der Waals surface area contributed by atoms with Crippen molar-refractivity contribution >= 4 is 33.1 Å². The number of methoxy groups -OCH3 is 1. The summed E-state index contributed by atoms with van der Waals surface area (Å²) in [6, 6.07) is 13.8. The molecule has 1 amide bonds. The predicted molar refractivity (Wildman–Crippen MR) is 99.7 cm³/mol. The Balaban J connectivity index is 2.00. The summed E-state index contributed by atoms with van der Waals surface area (Å²) < 4.78 is 6.52. The molecule has 0 spiro atoms. The van der Waals surface area contributed by atoms with Gasteiger partial charge in [0.1, 0.15) is 10.8 Å². The predicted octanol–water partition coefficient (Wildman–Crippen LogP) is 4.96. The molecule has 0 unspecified atom stereocenters. The van der Waals surface area contributed by atoms with Crippen LogP contribution in [0.4, 0.5) is 5.69 Å². The van der Waals surface area contributed by atoms with Gasteiger partial charge >= 0.3 is 0 Å². The van der Waals surface area contributed by atoms with Gasteiger partial charge in [0.2, 0.25) is 5.91 Å². The number of hydrogen-bond donors (Lipinski definition) is 1. The summed E-state index contributed by atoms with van der Waals surface area (Å²) in [6.07, 6.45) is 0. The Bertz CT molecular complexity index is 861. The van der Waals surface area contributed by atoms with Gasteiger partial charge in [-0.05, 0) is 30.3 Å². The number of nitrogens with zero attached hydrogens (tertiary/aromatic N) is 1. The number of amides is 1. The molecule has 24 heavy (non-hydrogen) atoms. The molecule has 1 N–H and O–H groups in total. The minimum Gasteiger partial charge on any atom is -0.495 e. The molecule has 0 atom stereocenters. The van der Waals surface area contributed by atoms with Gasteiger partial charge in [0.05, 0.1) is 23.0 Å². The van der Waals surface area contributed by atoms with Crippen LogP contribution in [0.5, 0.6) is 5.75 Å². The minimum atomic E-state index is -0.475. The Kier molecular flexibility index (Phi) is 4.28. The van der Waals surface area contributed by atoms with Crippen LogP contribution in [0.25, 0.3) is 20.8 Å². The van der Waals surface area contributed by atoms with Crippen molar-refractivity contribution in [2.45, 2.75) is 20.8 Å². The SMILES string of the molecule is COc1ccc(-c2nc3ccccc3s2)cc1NC(=O)C(C)(C)C. The van der Waals surface area contributed by atoms with Gasteiger partial charge < -0.3 is 10.1 Å². The smallest absolute Gasteiger partial charge is 0.229 e. The van der Waals surface area contributed by atoms with E-state index in [0.29, 0.717) is 11.4 Å². The van der Waals surface area contributed by atoms with Gasteiger partial charge in [-0.3, -0.25) is 4.79 Å². The summed E-state index contributed by atoms with van der Waals surface area (Å²) in [5, 5.41) is 3.88. The van der Waals surface area contributed by atoms with Crippen LogP contribution >= 0.6 is 11.3 Å². The van der Waals surface area contributed by atoms with Gasteiger partial charge in [-0.2, -0.15) is 0 Å². The largest absolute Gasteiger partial charge is 0.495 e. The molecule has 2 aromatic carbocycles. The summed E-state index contributed by atoms with van der Waals surface area (Å²) >= 11 is 1.63. The zero-order valence-electron chi connectivity index (χ0n) is 14.2. The van der Waals surface area contributed by atoms with Gasteiger partial charge in [0, 0.05) is 11.0 Å². The number of carbonyl (C=O) groups excluding carboxylic acids is 1. The van der Waals surface area contributed by atoms with Gasteiger partial charge in [-0.25, -0.2) is 4.98 Å². The molecule has 0 fully saturated rings. The second-order valence-electron chi connectivity index (χ2n) is 6.61. The molecule has 3 rings (SSSR count). The van der Waals surface area contributed by atoms with Crippen molar-refractivity contribution in [3.8, 4) is 16.3 Å². The number of nitrogens with one attached hydrogen (secondary N) is 1. The first-order valence-corrected chi connectivity index (χ1v) is 8.55. The number of ether oxygens (including phenoxy) is 1. The first kappa shape index (κ1) is 16.5. The summed E-state index contributed by atoms with van der Waals surface area (Å²) in [7, 11) is 1.60. The fourth-order valence-corrected chi connectivity index (χ4v) is 3.21. The zero-order valence-corrected chi connectivity index (χ0v) is 15.0. The Morgan fingerprint density at radius 2 is 1.92 bits per heavy atom. The Hall–Kier alpha value is -2.40. The maximum absolute atomic E-state index is 12.3. The van der Waals surface area contributed by atoms with Crippen LogP contribution in [0.1, 0.15) is 20.8 Å². The minimum absolute atomic E-state index is 0.0535. The van der Waals surface area contributed by atoms with E-state index in [1.165, 1.54) is 0 Å². The number of anilines is 1. The zero-order chi connectivity index (χ0) is 17.3. The number of rotatable bonds is 3. The van der Waals surface area contributed by atoms with Crippen molar-refractivity contribution in [2.24, 2.45) is 5.41 Å². The number of carbonyl (C=O) groups is 1. The monoisotopic (exact) mass is 340 g/mol. The van der Waals surface area contributed by atoms with Gasteiger partial charge in [0.15, 0.2) is 0 Å². The quantitative estimate of drug-likeness (QED) is 0.733. The van der Waals surface area contributed by atoms with E-state index in [1.807, 2.05) is 57.2 Å². The molecule has 124 valence electrons. The topological polar surface area (TPSA) is 51.2 Å². The van der Waals surface area contributed by atoms with Crippen molar-refractivity contribution in [2.75, 3.05) is 12.4 Å². The lowest BCUT2D eigenvalue weighted by molar-refractivity contribution is -0.123. The van der Waals surface area contributed by atoms with Crippen molar-refractivity contribution in [3.05, 3.63) is 42.5 Å². The fraction of sp³-hybridized carbons (Fsp3) is 0.263. The van der Waals surface area contributed by atoms with Crippen LogP contribution < -0.4 is 10.1 Å². The van der Waals surface area contributed by atoms with Gasteiger partial charge in [0.25, 0.3) is 0 Å². The highest BCUT2D eigenvalue weighted by atomic mass is 32.1. The van der Waals surface area contributed by atoms with Crippen LogP contribution in [-0.2, 0) is 4.79 Å². The summed E-state index contributed by atoms with van der Waals surface area (Å²) in [4.78, 5) is 17.0. The van der Waals surface area contributed by atoms with Crippen LogP contribution in [0.3, 0.4) is 0 Å². The highest BCUT2D eigenvalue weighted by molar-refractivity contribution is 7.21. The number of aromatic nitrogens is 1. The van der Waals surface area contributed by atoms with E-state index >= 15 is 0 Å². The van der Waals surface area contributed by atoms with E-state index in [2.05, 4.69) is 16.4 Å². The third kappa shape index (κ3) is 3.26. The average molecular weight is 340 g/mol. The number of thiazole rings is 1. The average Bonchev–Trinajstić information content (AvgIpc) is 2.98. The highest BCUT2D eigenvalue weighted by Crippen LogP contribution is 2.35. The lowest BCUT2D eigenvalue weighted by Crippen LogP contribution is -2.27. The normalized spacial score (nSPS) is 11.5. The molecule has 0 aliphatic rings. The Labute approximate surface area is 145 Å². The summed E-state index contributed by atoms with van der Waals surface area (Å²) in [5.41, 5.74) is 2.13. The molecule has 5 heteroatoms. The van der Waals surface area contributed by atoms with Crippen LogP contribution in [0, 0.1) is 5.41 Å². The standard InChI is InChI=1S/C19H20N2O2S/c1-19(2,3)18(22)21-14-11-12(9-10-15(14)23-4)17-20-13-7-5-6-8-16(13)24-17/h5-11H,1-4H3,(H,21,22). The van der Waals surface area contributed by atoms with E-state index in [-0.39, 0.29) is 5.91 Å². The molecule has 0 saturated heterocycles. The summed E-state index contributed by atoms with van der Waals surface area (Å²) in [5.74, 6) is 0.583. The van der Waals surface area contributed by atoms with Gasteiger partial charge in [-0.1, -0.05) is 32.9 Å². The van der Waals surface area contributed by atoms with Crippen LogP contribution in [-0.4, -0.2) is 18.0 Å². The molecule has 0 bridgehead atoms. The molecule has 0 aliphatic carbocycles. The molecule has 3 aromatic rings. The van der Waals surface area contributed by atoms with Crippen molar-refractivity contribution < 1.29 is 9.53 Å². The van der Waals surface area contributed by atoms with E-state index in [9.17, 15) is 4.79 Å². The first-order valence-electron chi connectivity index (χ1n) is 7.74. The molecule has 0 radical (unpaired) electrons. The third-order valence-electron chi connectivity index (χ3n) is 3.67. The number of benzene rings is 2. The molecule has 0 saturated carbocycles. The van der Waals surface area contributed by atoms with Crippen molar-refractivity contribution in [1.82, 2.24) is 4.98 Å². The van der Waals surface area contributed by atoms with E-state index < -0.39 is 5.41 Å².